The van der Waals surface area contributed by atoms with Crippen LogP contribution in [0.3, 0.4) is 0 Å². The Morgan fingerprint density at radius 1 is 1.53 bits per heavy atom. The summed E-state index contributed by atoms with van der Waals surface area (Å²) >= 11 is 5.83. The fraction of sp³-hybridized carbons (Fsp3) is 0.111. The van der Waals surface area contributed by atoms with E-state index in [1.54, 1.807) is 6.07 Å². The number of pyridine rings is 1. The van der Waals surface area contributed by atoms with E-state index >= 15 is 0 Å². The number of aromatic nitrogens is 1. The summed E-state index contributed by atoms with van der Waals surface area (Å²) in [5.74, 6) is 0. The molecule has 0 saturated carbocycles. The minimum atomic E-state index is -3.53. The molecule has 0 N–H and O–H groups in total. The number of hydrogen-bond donors (Lipinski definition) is 0. The Bertz CT molecular complexity index is 626. The van der Waals surface area contributed by atoms with Crippen molar-refractivity contribution in [3.05, 3.63) is 27.4 Å². The zero-order chi connectivity index (χ0) is 11.2. The molecule has 1 aliphatic rings. The maximum atomic E-state index is 11.8. The second-order valence-corrected chi connectivity index (χ2v) is 5.51. The molecule has 15 heavy (non-hydrogen) atoms. The summed E-state index contributed by atoms with van der Waals surface area (Å²) < 4.78 is 23.5. The standard InChI is InChI=1S/C9H5ClN2O2S/c1-5-2-7-9(15(5,13)14)8(10)6(3-11)4-12-7/h2,4H,1H3. The van der Waals surface area contributed by atoms with Gasteiger partial charge in [0.25, 0.3) is 0 Å². The lowest BCUT2D eigenvalue weighted by molar-refractivity contribution is 0.603. The fourth-order valence-electron chi connectivity index (χ4n) is 1.35. The molecular formula is C9H5ClN2O2S. The van der Waals surface area contributed by atoms with Gasteiger partial charge in [0.05, 0.1) is 16.3 Å². The van der Waals surface area contributed by atoms with E-state index in [1.165, 1.54) is 19.2 Å². The predicted molar refractivity (Wildman–Crippen MR) is 54.8 cm³/mol. The molecular weight excluding hydrogens is 236 g/mol. The van der Waals surface area contributed by atoms with Gasteiger partial charge in [-0.3, -0.25) is 4.98 Å². The van der Waals surface area contributed by atoms with Crippen molar-refractivity contribution >= 4 is 27.5 Å². The zero-order valence-electron chi connectivity index (χ0n) is 7.65. The monoisotopic (exact) mass is 240 g/mol. The van der Waals surface area contributed by atoms with E-state index in [-0.39, 0.29) is 20.4 Å². The molecule has 0 saturated heterocycles. The molecule has 1 aromatic rings. The van der Waals surface area contributed by atoms with Crippen LogP contribution in [0.1, 0.15) is 18.2 Å². The van der Waals surface area contributed by atoms with Crippen molar-refractivity contribution in [2.24, 2.45) is 0 Å². The molecule has 4 nitrogen and oxygen atoms in total. The quantitative estimate of drug-likeness (QED) is 0.693. The summed E-state index contributed by atoms with van der Waals surface area (Å²) in [5.41, 5.74) is 0.374. The number of hydrogen-bond acceptors (Lipinski definition) is 4. The summed E-state index contributed by atoms with van der Waals surface area (Å²) in [5, 5.41) is 8.65. The molecule has 0 atom stereocenters. The van der Waals surface area contributed by atoms with E-state index in [9.17, 15) is 8.42 Å². The van der Waals surface area contributed by atoms with Crippen molar-refractivity contribution in [2.45, 2.75) is 11.8 Å². The number of nitrogens with zero attached hydrogens (tertiary/aromatic N) is 2. The van der Waals surface area contributed by atoms with Crippen molar-refractivity contribution in [3.63, 3.8) is 0 Å². The van der Waals surface area contributed by atoms with E-state index < -0.39 is 9.84 Å². The van der Waals surface area contributed by atoms with Gasteiger partial charge in [-0.25, -0.2) is 8.42 Å². The van der Waals surface area contributed by atoms with Gasteiger partial charge in [-0.05, 0) is 13.0 Å². The van der Waals surface area contributed by atoms with Gasteiger partial charge in [0.2, 0.25) is 9.84 Å². The number of halogens is 1. The van der Waals surface area contributed by atoms with Crippen LogP contribution in [-0.2, 0) is 9.84 Å². The van der Waals surface area contributed by atoms with Crippen molar-refractivity contribution < 1.29 is 8.42 Å². The van der Waals surface area contributed by atoms with Crippen molar-refractivity contribution in [2.75, 3.05) is 0 Å². The Morgan fingerprint density at radius 2 is 2.20 bits per heavy atom. The molecule has 1 aromatic heterocycles. The molecule has 0 aliphatic carbocycles. The van der Waals surface area contributed by atoms with Gasteiger partial charge in [0.15, 0.2) is 0 Å². The molecule has 0 fully saturated rings. The van der Waals surface area contributed by atoms with Crippen LogP contribution >= 0.6 is 11.6 Å². The number of allylic oxidation sites excluding steroid dienone is 1. The van der Waals surface area contributed by atoms with Gasteiger partial charge >= 0.3 is 0 Å². The molecule has 6 heteroatoms. The Labute approximate surface area is 91.7 Å². The zero-order valence-corrected chi connectivity index (χ0v) is 9.22. The average Bonchev–Trinajstić information content (AvgIpc) is 2.39. The van der Waals surface area contributed by atoms with Crippen LogP contribution in [0.25, 0.3) is 6.08 Å². The molecule has 0 amide bonds. The lowest BCUT2D eigenvalue weighted by Crippen LogP contribution is -2.01. The highest BCUT2D eigenvalue weighted by molar-refractivity contribution is 7.95. The van der Waals surface area contributed by atoms with Crippen molar-refractivity contribution in [3.8, 4) is 6.07 Å². The Kier molecular flexibility index (Phi) is 2.07. The highest BCUT2D eigenvalue weighted by Crippen LogP contribution is 2.37. The fourth-order valence-corrected chi connectivity index (χ4v) is 3.17. The highest BCUT2D eigenvalue weighted by atomic mass is 35.5. The molecule has 0 aromatic carbocycles. The largest absolute Gasteiger partial charge is 0.254 e. The molecule has 0 spiro atoms. The molecule has 2 heterocycles. The molecule has 0 radical (unpaired) electrons. The smallest absolute Gasteiger partial charge is 0.206 e. The van der Waals surface area contributed by atoms with Crippen LogP contribution in [0.15, 0.2) is 16.0 Å². The van der Waals surface area contributed by atoms with Crippen LogP contribution in [0, 0.1) is 11.3 Å². The average molecular weight is 241 g/mol. The van der Waals surface area contributed by atoms with Crippen LogP contribution in [0.2, 0.25) is 5.02 Å². The number of sulfone groups is 1. The SMILES string of the molecule is CC1=Cc2ncc(C#N)c(Cl)c2S1(=O)=O. The minimum absolute atomic E-state index is 0.0457. The first-order valence-corrected chi connectivity index (χ1v) is 5.86. The normalized spacial score (nSPS) is 16.7. The summed E-state index contributed by atoms with van der Waals surface area (Å²) in [6.07, 6.45) is 2.71. The topological polar surface area (TPSA) is 70.8 Å². The van der Waals surface area contributed by atoms with E-state index in [0.29, 0.717) is 5.69 Å². The highest BCUT2D eigenvalue weighted by Gasteiger charge is 2.31. The van der Waals surface area contributed by atoms with Crippen LogP contribution in [0.4, 0.5) is 0 Å². The molecule has 2 rings (SSSR count). The predicted octanol–water partition coefficient (Wildman–Crippen LogP) is 1.75. The second kappa shape index (κ2) is 3.05. The van der Waals surface area contributed by atoms with E-state index in [4.69, 9.17) is 16.9 Å². The van der Waals surface area contributed by atoms with Gasteiger partial charge < -0.3 is 0 Å². The third-order valence-electron chi connectivity index (χ3n) is 2.15. The summed E-state index contributed by atoms with van der Waals surface area (Å²) in [7, 11) is -3.53. The Hall–Kier alpha value is -1.38. The first-order chi connectivity index (χ1) is 6.98. The molecule has 0 unspecified atom stereocenters. The lowest BCUT2D eigenvalue weighted by Gasteiger charge is -2.02. The summed E-state index contributed by atoms with van der Waals surface area (Å²) in [6, 6.07) is 1.80. The van der Waals surface area contributed by atoms with Crippen molar-refractivity contribution in [1.29, 1.82) is 5.26 Å². The maximum absolute atomic E-state index is 11.8. The number of fused-ring (bicyclic) bond motifs is 1. The first kappa shape index (κ1) is 10.1. The summed E-state index contributed by atoms with van der Waals surface area (Å²) in [6.45, 7) is 1.47. The number of rotatable bonds is 0. The van der Waals surface area contributed by atoms with E-state index in [2.05, 4.69) is 4.98 Å². The third-order valence-corrected chi connectivity index (χ3v) is 4.58. The van der Waals surface area contributed by atoms with E-state index in [1.807, 2.05) is 0 Å². The van der Waals surface area contributed by atoms with Gasteiger partial charge in [-0.1, -0.05) is 11.6 Å². The third kappa shape index (κ3) is 1.26. The molecule has 1 aliphatic heterocycles. The van der Waals surface area contributed by atoms with Gasteiger partial charge in [0.1, 0.15) is 11.0 Å². The minimum Gasteiger partial charge on any atom is -0.254 e. The summed E-state index contributed by atoms with van der Waals surface area (Å²) in [4.78, 5) is 4.02. The van der Waals surface area contributed by atoms with Crippen LogP contribution in [-0.4, -0.2) is 13.4 Å². The number of nitriles is 1. The van der Waals surface area contributed by atoms with Crippen molar-refractivity contribution in [1.82, 2.24) is 4.98 Å². The van der Waals surface area contributed by atoms with Crippen LogP contribution < -0.4 is 0 Å². The lowest BCUT2D eigenvalue weighted by atomic mass is 10.2. The molecule has 0 bridgehead atoms. The van der Waals surface area contributed by atoms with Gasteiger partial charge in [-0.15, -0.1) is 0 Å². The van der Waals surface area contributed by atoms with Gasteiger partial charge in [-0.2, -0.15) is 5.26 Å². The second-order valence-electron chi connectivity index (χ2n) is 3.07. The first-order valence-electron chi connectivity index (χ1n) is 4.00. The van der Waals surface area contributed by atoms with Gasteiger partial charge in [0, 0.05) is 11.1 Å². The maximum Gasteiger partial charge on any atom is 0.206 e. The van der Waals surface area contributed by atoms with E-state index in [0.717, 1.165) is 0 Å². The Morgan fingerprint density at radius 3 is 2.80 bits per heavy atom. The van der Waals surface area contributed by atoms with Crippen LogP contribution in [0.5, 0.6) is 0 Å². The molecule has 76 valence electrons. The Balaban J connectivity index is 2.88.